The van der Waals surface area contributed by atoms with Gasteiger partial charge in [0.15, 0.2) is 0 Å². The van der Waals surface area contributed by atoms with E-state index in [4.69, 9.17) is 0 Å². The molecule has 56 heavy (non-hydrogen) atoms. The van der Waals surface area contributed by atoms with Crippen LogP contribution in [0, 0.1) is 0 Å². The topological polar surface area (TPSA) is 9.86 Å². The Kier molecular flexibility index (Phi) is 7.53. The molecule has 2 aromatic heterocycles. The lowest BCUT2D eigenvalue weighted by atomic mass is 10.00. The van der Waals surface area contributed by atoms with Gasteiger partial charge in [0, 0.05) is 32.9 Å². The highest BCUT2D eigenvalue weighted by atomic mass is 15.0. The summed E-state index contributed by atoms with van der Waals surface area (Å²) in [6.45, 7) is 0. The highest BCUT2D eigenvalue weighted by molar-refractivity contribution is 6.28. The van der Waals surface area contributed by atoms with Crippen molar-refractivity contribution < 1.29 is 0 Å². The highest BCUT2D eigenvalue weighted by Crippen LogP contribution is 2.43. The fourth-order valence-corrected chi connectivity index (χ4v) is 8.67. The molecule has 9 aromatic carbocycles. The minimum absolute atomic E-state index is 1.15. The molecule has 0 atom stereocenters. The largest absolute Gasteiger partial charge is 0.309 e. The lowest BCUT2D eigenvalue weighted by molar-refractivity contribution is 1.17. The summed E-state index contributed by atoms with van der Waals surface area (Å²) in [6.07, 6.45) is 0. The van der Waals surface area contributed by atoms with Crippen molar-refractivity contribution in [3.63, 3.8) is 0 Å². The second kappa shape index (κ2) is 13.2. The quantitative estimate of drug-likeness (QED) is 0.162. The van der Waals surface area contributed by atoms with Gasteiger partial charge in [0.25, 0.3) is 0 Å². The average Bonchev–Trinajstić information content (AvgIpc) is 3.80. The average molecular weight is 713 g/mol. The number of benzene rings is 9. The van der Waals surface area contributed by atoms with Crippen LogP contribution in [0.15, 0.2) is 218 Å². The van der Waals surface area contributed by atoms with Crippen molar-refractivity contribution >= 4 is 43.6 Å². The van der Waals surface area contributed by atoms with Crippen LogP contribution in [-0.4, -0.2) is 9.13 Å². The summed E-state index contributed by atoms with van der Waals surface area (Å²) in [5, 5.41) is 5.06. The van der Waals surface area contributed by atoms with Crippen molar-refractivity contribution in [3.8, 4) is 55.9 Å². The molecule has 0 unspecified atom stereocenters. The minimum Gasteiger partial charge on any atom is -0.309 e. The monoisotopic (exact) mass is 712 g/mol. The Morgan fingerprint density at radius 3 is 1.05 bits per heavy atom. The number of hydrogen-bond acceptors (Lipinski definition) is 0. The van der Waals surface area contributed by atoms with Crippen LogP contribution in [0.4, 0.5) is 0 Å². The predicted octanol–water partition coefficient (Wildman–Crippen LogP) is 14.5. The van der Waals surface area contributed by atoms with Crippen molar-refractivity contribution in [1.82, 2.24) is 9.13 Å². The van der Waals surface area contributed by atoms with E-state index in [1.165, 1.54) is 88.1 Å². The van der Waals surface area contributed by atoms with E-state index in [0.29, 0.717) is 0 Å². The molecule has 0 N–H and O–H groups in total. The molecule has 0 bridgehead atoms. The second-order valence-corrected chi connectivity index (χ2v) is 14.5. The van der Waals surface area contributed by atoms with E-state index in [0.717, 1.165) is 11.4 Å². The maximum atomic E-state index is 2.44. The predicted molar refractivity (Wildman–Crippen MR) is 237 cm³/mol. The van der Waals surface area contributed by atoms with Crippen LogP contribution in [-0.2, 0) is 0 Å². The molecule has 262 valence electrons. The van der Waals surface area contributed by atoms with Crippen molar-refractivity contribution in [2.45, 2.75) is 0 Å². The fourth-order valence-electron chi connectivity index (χ4n) is 8.67. The third-order valence-corrected chi connectivity index (χ3v) is 11.4. The molecule has 2 heteroatoms. The molecule has 11 aromatic rings. The molecule has 0 aliphatic heterocycles. The van der Waals surface area contributed by atoms with Gasteiger partial charge in [-0.15, -0.1) is 0 Å². The van der Waals surface area contributed by atoms with E-state index < -0.39 is 0 Å². The summed E-state index contributed by atoms with van der Waals surface area (Å²) in [5.41, 5.74) is 16.8. The maximum Gasteiger partial charge on any atom is 0.0548 e. The van der Waals surface area contributed by atoms with Gasteiger partial charge in [-0.3, -0.25) is 0 Å². The molecule has 11 rings (SSSR count). The summed E-state index contributed by atoms with van der Waals surface area (Å²) < 4.78 is 4.87. The first-order chi connectivity index (χ1) is 27.8. The summed E-state index contributed by atoms with van der Waals surface area (Å²) in [7, 11) is 0. The number of nitrogens with zero attached hydrogens (tertiary/aromatic N) is 2. The number of hydrogen-bond donors (Lipinski definition) is 0. The lowest BCUT2D eigenvalue weighted by Gasteiger charge is -2.12. The number of fused-ring (bicyclic) bond motifs is 7. The SMILES string of the molecule is c1ccc(-c2ccc(-c3ccc(-n4c5ccccc5c5c6c7ccccc7n(-c7cccc(-c8ccc(-c9ccccc9)cc8)c7)c6ccc54)cc3)cc2)cc1. The van der Waals surface area contributed by atoms with Gasteiger partial charge in [0.05, 0.1) is 22.1 Å². The molecule has 0 spiro atoms. The zero-order valence-electron chi connectivity index (χ0n) is 30.7. The van der Waals surface area contributed by atoms with Crippen molar-refractivity contribution in [2.75, 3.05) is 0 Å². The Bertz CT molecular complexity index is 3190. The molecule has 0 radical (unpaired) electrons. The third-order valence-electron chi connectivity index (χ3n) is 11.4. The minimum atomic E-state index is 1.15. The summed E-state index contributed by atoms with van der Waals surface area (Å²) >= 11 is 0. The molecule has 2 nitrogen and oxygen atoms in total. The Labute approximate surface area is 325 Å². The summed E-state index contributed by atoms with van der Waals surface area (Å²) in [4.78, 5) is 0. The van der Waals surface area contributed by atoms with Crippen LogP contribution in [0.25, 0.3) is 99.5 Å². The standard InChI is InChI=1S/C54H36N2/c1-3-12-37(13-4-1)39-22-24-41(25-23-39)42-30-32-45(33-31-42)55-49-20-9-7-18-47(49)53-51(55)34-35-52-54(53)48-19-8-10-21-50(48)56(52)46-17-11-16-44(36-46)43-28-26-40(27-29-43)38-14-5-2-6-15-38/h1-36H. The smallest absolute Gasteiger partial charge is 0.0548 e. The molecule has 0 fully saturated rings. The zero-order chi connectivity index (χ0) is 37.0. The van der Waals surface area contributed by atoms with E-state index in [-0.39, 0.29) is 0 Å². The van der Waals surface area contributed by atoms with Gasteiger partial charge < -0.3 is 9.13 Å². The van der Waals surface area contributed by atoms with Crippen LogP contribution in [0.1, 0.15) is 0 Å². The Morgan fingerprint density at radius 1 is 0.214 bits per heavy atom. The van der Waals surface area contributed by atoms with Crippen LogP contribution in [0.3, 0.4) is 0 Å². The molecule has 0 aliphatic rings. The van der Waals surface area contributed by atoms with Gasteiger partial charge in [-0.2, -0.15) is 0 Å². The van der Waals surface area contributed by atoms with Gasteiger partial charge in [-0.25, -0.2) is 0 Å². The van der Waals surface area contributed by atoms with Crippen molar-refractivity contribution in [1.29, 1.82) is 0 Å². The van der Waals surface area contributed by atoms with E-state index in [9.17, 15) is 0 Å². The zero-order valence-corrected chi connectivity index (χ0v) is 30.7. The first-order valence-electron chi connectivity index (χ1n) is 19.3. The lowest BCUT2D eigenvalue weighted by Crippen LogP contribution is -1.95. The third kappa shape index (κ3) is 5.26. The molecule has 0 saturated heterocycles. The van der Waals surface area contributed by atoms with E-state index in [1.807, 2.05) is 0 Å². The van der Waals surface area contributed by atoms with Gasteiger partial charge in [-0.1, -0.05) is 170 Å². The molecule has 0 saturated carbocycles. The molecule has 0 amide bonds. The number of aromatic nitrogens is 2. The molecule has 0 aliphatic carbocycles. The first kappa shape index (κ1) is 32.0. The Hall–Kier alpha value is -7.42. The van der Waals surface area contributed by atoms with Crippen LogP contribution >= 0.6 is 0 Å². The van der Waals surface area contributed by atoms with E-state index in [2.05, 4.69) is 228 Å². The van der Waals surface area contributed by atoms with Gasteiger partial charge in [-0.05, 0) is 93.0 Å². The highest BCUT2D eigenvalue weighted by Gasteiger charge is 2.20. The number of rotatable bonds is 6. The summed E-state index contributed by atoms with van der Waals surface area (Å²) in [6, 6.07) is 79.2. The normalized spacial score (nSPS) is 11.6. The van der Waals surface area contributed by atoms with E-state index in [1.54, 1.807) is 0 Å². The van der Waals surface area contributed by atoms with Gasteiger partial charge in [0.2, 0.25) is 0 Å². The molecule has 2 heterocycles. The van der Waals surface area contributed by atoms with Crippen molar-refractivity contribution in [2.24, 2.45) is 0 Å². The van der Waals surface area contributed by atoms with Crippen LogP contribution < -0.4 is 0 Å². The van der Waals surface area contributed by atoms with Gasteiger partial charge >= 0.3 is 0 Å². The Balaban J connectivity index is 1.03. The second-order valence-electron chi connectivity index (χ2n) is 14.5. The first-order valence-corrected chi connectivity index (χ1v) is 19.3. The van der Waals surface area contributed by atoms with Crippen molar-refractivity contribution in [3.05, 3.63) is 218 Å². The maximum absolute atomic E-state index is 2.44. The fraction of sp³-hybridized carbons (Fsp3) is 0. The summed E-state index contributed by atoms with van der Waals surface area (Å²) in [5.74, 6) is 0. The number of para-hydroxylation sites is 2. The van der Waals surface area contributed by atoms with E-state index >= 15 is 0 Å². The molecular weight excluding hydrogens is 677 g/mol. The Morgan fingerprint density at radius 2 is 0.571 bits per heavy atom. The van der Waals surface area contributed by atoms with Crippen LogP contribution in [0.2, 0.25) is 0 Å². The van der Waals surface area contributed by atoms with Crippen LogP contribution in [0.5, 0.6) is 0 Å². The van der Waals surface area contributed by atoms with Gasteiger partial charge in [0.1, 0.15) is 0 Å². The molecular formula is C54H36N2.